The smallest absolute Gasteiger partial charge is 0.136 e. The molecule has 0 saturated carbocycles. The van der Waals surface area contributed by atoms with Gasteiger partial charge in [-0.05, 0) is 60.2 Å². The van der Waals surface area contributed by atoms with Gasteiger partial charge in [0.1, 0.15) is 5.69 Å². The first kappa shape index (κ1) is 11.0. The number of benzene rings is 1. The summed E-state index contributed by atoms with van der Waals surface area (Å²) in [6.07, 6.45) is 0. The highest BCUT2D eigenvalue weighted by Crippen LogP contribution is 2.35. The van der Waals surface area contributed by atoms with Gasteiger partial charge in [0.15, 0.2) is 0 Å². The normalized spacial score (nSPS) is 12.5. The van der Waals surface area contributed by atoms with Crippen LogP contribution in [0.25, 0.3) is 0 Å². The van der Waals surface area contributed by atoms with Gasteiger partial charge in [0.2, 0.25) is 0 Å². The maximum atomic E-state index is 10.6. The fourth-order valence-corrected chi connectivity index (χ4v) is 2.79. The van der Waals surface area contributed by atoms with Gasteiger partial charge in [-0.2, -0.15) is 0 Å². The molecule has 0 saturated heterocycles. The average molecular weight is 328 g/mol. The summed E-state index contributed by atoms with van der Waals surface area (Å²) in [5.41, 5.74) is 0.147. The zero-order valence-electron chi connectivity index (χ0n) is 5.99. The highest BCUT2D eigenvalue weighted by atomic mass is 79.9. The average Bonchev–Trinajstić information content (AvgIpc) is 2.03. The number of hydrogen-bond donors (Lipinski definition) is 0. The highest BCUT2D eigenvalue weighted by Gasteiger charge is 2.07. The first-order valence-electron chi connectivity index (χ1n) is 2.98. The van der Waals surface area contributed by atoms with E-state index in [0.29, 0.717) is 8.95 Å². The number of nitroso groups, excluding NO2 is 1. The lowest BCUT2D eigenvalue weighted by Crippen LogP contribution is -1.88. The third-order valence-corrected chi connectivity index (χ3v) is 3.10. The molecule has 70 valence electrons. The molecule has 7 heteroatoms. The van der Waals surface area contributed by atoms with Crippen molar-refractivity contribution < 1.29 is 8.76 Å². The van der Waals surface area contributed by atoms with Crippen molar-refractivity contribution in [1.29, 1.82) is 0 Å². The number of halogens is 2. The van der Waals surface area contributed by atoms with Crippen LogP contribution in [0.15, 0.2) is 31.2 Å². The lowest BCUT2D eigenvalue weighted by Gasteiger charge is -2.07. The van der Waals surface area contributed by atoms with E-state index in [1.807, 2.05) is 0 Å². The molecule has 4 nitrogen and oxygen atoms in total. The maximum absolute atomic E-state index is 10.6. The molecular formula is C6H2Br2NO3S-. The van der Waals surface area contributed by atoms with Crippen LogP contribution in [-0.4, -0.2) is 8.76 Å². The van der Waals surface area contributed by atoms with E-state index in [0.717, 1.165) is 0 Å². The topological polar surface area (TPSA) is 69.6 Å². The summed E-state index contributed by atoms with van der Waals surface area (Å²) < 4.78 is 21.8. The number of nitrogens with zero attached hydrogens (tertiary/aromatic N) is 1. The van der Waals surface area contributed by atoms with Crippen LogP contribution in [0.4, 0.5) is 5.69 Å². The third kappa shape index (κ3) is 2.43. The Morgan fingerprint density at radius 2 is 1.77 bits per heavy atom. The lowest BCUT2D eigenvalue weighted by atomic mass is 10.3. The second-order valence-electron chi connectivity index (χ2n) is 2.06. The van der Waals surface area contributed by atoms with Gasteiger partial charge in [-0.15, -0.1) is 4.91 Å². The molecule has 1 atom stereocenters. The van der Waals surface area contributed by atoms with Gasteiger partial charge in [-0.3, -0.25) is 4.21 Å². The molecule has 0 heterocycles. The summed E-state index contributed by atoms with van der Waals surface area (Å²) in [6.45, 7) is 0. The van der Waals surface area contributed by atoms with Gasteiger partial charge >= 0.3 is 0 Å². The molecule has 0 aliphatic rings. The standard InChI is InChI=1S/C6H3Br2NO3S/c7-4-1-3(13(11)12)2-5(8)6(4)9-10/h1-2H,(H,11,12)/p-1. The Labute approximate surface area is 93.2 Å². The van der Waals surface area contributed by atoms with E-state index in [2.05, 4.69) is 37.0 Å². The molecule has 0 fully saturated rings. The Kier molecular flexibility index (Phi) is 3.72. The SMILES string of the molecule is O=Nc1c(Br)cc(S(=O)[O-])cc1Br. The monoisotopic (exact) mass is 326 g/mol. The molecule has 0 spiro atoms. The minimum atomic E-state index is -2.31. The summed E-state index contributed by atoms with van der Waals surface area (Å²) in [5.74, 6) is 0. The summed E-state index contributed by atoms with van der Waals surface area (Å²) in [6, 6.07) is 2.62. The summed E-state index contributed by atoms with van der Waals surface area (Å²) in [4.78, 5) is 10.4. The first-order chi connectivity index (χ1) is 6.06. The van der Waals surface area contributed by atoms with Crippen LogP contribution in [0.2, 0.25) is 0 Å². The van der Waals surface area contributed by atoms with Crippen molar-refractivity contribution in [2.75, 3.05) is 0 Å². The van der Waals surface area contributed by atoms with Gasteiger partial charge in [0, 0.05) is 13.8 Å². The van der Waals surface area contributed by atoms with Gasteiger partial charge in [0.25, 0.3) is 0 Å². The molecule has 0 amide bonds. The second kappa shape index (κ2) is 4.41. The van der Waals surface area contributed by atoms with Crippen molar-refractivity contribution in [3.8, 4) is 0 Å². The van der Waals surface area contributed by atoms with Crippen LogP contribution in [0.5, 0.6) is 0 Å². The zero-order chi connectivity index (χ0) is 10.0. The Morgan fingerprint density at radius 3 is 2.08 bits per heavy atom. The minimum Gasteiger partial charge on any atom is -0.768 e. The van der Waals surface area contributed by atoms with E-state index in [1.165, 1.54) is 12.1 Å². The van der Waals surface area contributed by atoms with Crippen molar-refractivity contribution in [3.05, 3.63) is 26.0 Å². The number of rotatable bonds is 2. The molecule has 0 N–H and O–H groups in total. The molecule has 0 radical (unpaired) electrons. The van der Waals surface area contributed by atoms with Crippen LogP contribution >= 0.6 is 31.9 Å². The minimum absolute atomic E-state index is 0.0890. The lowest BCUT2D eigenvalue weighted by molar-refractivity contribution is 0.537. The molecule has 0 aliphatic heterocycles. The van der Waals surface area contributed by atoms with E-state index in [4.69, 9.17) is 0 Å². The molecule has 1 aromatic rings. The van der Waals surface area contributed by atoms with E-state index in [-0.39, 0.29) is 10.6 Å². The molecule has 0 bridgehead atoms. The van der Waals surface area contributed by atoms with Crippen molar-refractivity contribution >= 4 is 48.6 Å². The van der Waals surface area contributed by atoms with Gasteiger partial charge < -0.3 is 4.55 Å². The van der Waals surface area contributed by atoms with E-state index in [9.17, 15) is 13.7 Å². The molecule has 13 heavy (non-hydrogen) atoms. The summed E-state index contributed by atoms with van der Waals surface area (Å²) in [7, 11) is 0. The molecule has 1 aromatic carbocycles. The zero-order valence-corrected chi connectivity index (χ0v) is 9.98. The van der Waals surface area contributed by atoms with E-state index >= 15 is 0 Å². The summed E-state index contributed by atoms with van der Waals surface area (Å²) >= 11 is 3.75. The van der Waals surface area contributed by atoms with Crippen molar-refractivity contribution in [2.24, 2.45) is 5.18 Å². The Morgan fingerprint density at radius 1 is 1.31 bits per heavy atom. The first-order valence-corrected chi connectivity index (χ1v) is 5.64. The third-order valence-electron chi connectivity index (χ3n) is 1.27. The van der Waals surface area contributed by atoms with Crippen LogP contribution in [0.3, 0.4) is 0 Å². The Balaban J connectivity index is 3.36. The van der Waals surface area contributed by atoms with Gasteiger partial charge in [-0.25, -0.2) is 0 Å². The van der Waals surface area contributed by atoms with Crippen LogP contribution in [-0.2, 0) is 11.1 Å². The molecular weight excluding hydrogens is 326 g/mol. The maximum Gasteiger partial charge on any atom is 0.136 e. The van der Waals surface area contributed by atoms with E-state index in [1.54, 1.807) is 0 Å². The molecule has 0 aliphatic carbocycles. The number of hydrogen-bond acceptors (Lipinski definition) is 4. The van der Waals surface area contributed by atoms with Gasteiger partial charge in [0.05, 0.1) is 0 Å². The Bertz CT molecular complexity index is 359. The van der Waals surface area contributed by atoms with Gasteiger partial charge in [-0.1, -0.05) is 0 Å². The summed E-state index contributed by atoms with van der Waals surface area (Å²) in [5, 5.41) is 2.73. The Hall–Kier alpha value is -0.110. The fraction of sp³-hybridized carbons (Fsp3) is 0. The second-order valence-corrected chi connectivity index (χ2v) is 4.71. The van der Waals surface area contributed by atoms with Crippen molar-refractivity contribution in [2.45, 2.75) is 4.90 Å². The largest absolute Gasteiger partial charge is 0.768 e. The molecule has 0 aromatic heterocycles. The molecule has 1 rings (SSSR count). The van der Waals surface area contributed by atoms with Crippen LogP contribution in [0, 0.1) is 4.91 Å². The van der Waals surface area contributed by atoms with Crippen LogP contribution < -0.4 is 0 Å². The fourth-order valence-electron chi connectivity index (χ4n) is 0.726. The predicted octanol–water partition coefficient (Wildman–Crippen LogP) is 2.85. The van der Waals surface area contributed by atoms with Crippen molar-refractivity contribution in [3.63, 3.8) is 0 Å². The predicted molar refractivity (Wildman–Crippen MR) is 54.5 cm³/mol. The van der Waals surface area contributed by atoms with Crippen LogP contribution in [0.1, 0.15) is 0 Å². The van der Waals surface area contributed by atoms with Crippen molar-refractivity contribution in [1.82, 2.24) is 0 Å². The highest BCUT2D eigenvalue weighted by molar-refractivity contribution is 9.11. The molecule has 1 unspecified atom stereocenters. The van der Waals surface area contributed by atoms with E-state index < -0.39 is 11.1 Å². The quantitative estimate of drug-likeness (QED) is 0.619.